The van der Waals surface area contributed by atoms with Crippen molar-refractivity contribution < 1.29 is 19.7 Å². The van der Waals surface area contributed by atoms with E-state index in [-0.39, 0.29) is 12.4 Å². The highest BCUT2D eigenvalue weighted by Crippen LogP contribution is 2.21. The van der Waals surface area contributed by atoms with Gasteiger partial charge in [-0.05, 0) is 13.3 Å². The lowest BCUT2D eigenvalue weighted by atomic mass is 10.0. The molecule has 0 aromatic carbocycles. The van der Waals surface area contributed by atoms with E-state index in [9.17, 15) is 10.2 Å². The van der Waals surface area contributed by atoms with Gasteiger partial charge in [-0.15, -0.1) is 0 Å². The molecule has 0 saturated carbocycles. The van der Waals surface area contributed by atoms with Crippen LogP contribution in [0.5, 0.6) is 0 Å². The number of rotatable bonds is 22. The predicted octanol–water partition coefficient (Wildman–Crippen LogP) is 7.68. The minimum atomic E-state index is -0.797. The van der Waals surface area contributed by atoms with Gasteiger partial charge in [0.2, 0.25) is 0 Å². The van der Waals surface area contributed by atoms with Crippen LogP contribution in [0.4, 0.5) is 0 Å². The molecule has 1 aliphatic heterocycles. The van der Waals surface area contributed by atoms with Gasteiger partial charge in [0, 0.05) is 13.0 Å². The summed E-state index contributed by atoms with van der Waals surface area (Å²) in [5.41, 5.74) is 0. The fraction of sp³-hybridized carbons (Fsp3) is 1.00. The molecule has 0 amide bonds. The first kappa shape index (κ1) is 29.9. The van der Waals surface area contributed by atoms with Crippen molar-refractivity contribution in [1.82, 2.24) is 0 Å². The molecular formula is C28H56O4. The average molecular weight is 457 g/mol. The van der Waals surface area contributed by atoms with Crippen molar-refractivity contribution in [3.63, 3.8) is 0 Å². The Kier molecular flexibility index (Phi) is 20.0. The minimum absolute atomic E-state index is 0.362. The molecule has 4 nitrogen and oxygen atoms in total. The molecule has 192 valence electrons. The molecule has 1 heterocycles. The summed E-state index contributed by atoms with van der Waals surface area (Å²) < 4.78 is 11.3. The summed E-state index contributed by atoms with van der Waals surface area (Å²) in [6.45, 7) is 4.75. The first-order chi connectivity index (χ1) is 15.6. The summed E-state index contributed by atoms with van der Waals surface area (Å²) in [6.07, 6.45) is 25.8. The fourth-order valence-corrected chi connectivity index (χ4v) is 4.70. The smallest absolute Gasteiger partial charge is 0.160 e. The number of hydrogen-bond donors (Lipinski definition) is 2. The molecule has 4 atom stereocenters. The van der Waals surface area contributed by atoms with Crippen LogP contribution in [0.2, 0.25) is 0 Å². The first-order valence-corrected chi connectivity index (χ1v) is 14.3. The van der Waals surface area contributed by atoms with Crippen molar-refractivity contribution in [3.8, 4) is 0 Å². The zero-order valence-electron chi connectivity index (χ0n) is 21.6. The zero-order valence-corrected chi connectivity index (χ0v) is 21.6. The van der Waals surface area contributed by atoms with Crippen molar-refractivity contribution in [3.05, 3.63) is 0 Å². The molecule has 1 fully saturated rings. The number of aliphatic hydroxyl groups is 2. The van der Waals surface area contributed by atoms with Crippen LogP contribution in [-0.4, -0.2) is 41.4 Å². The second-order valence-corrected chi connectivity index (χ2v) is 10.2. The summed E-state index contributed by atoms with van der Waals surface area (Å²) in [6, 6.07) is 0. The van der Waals surface area contributed by atoms with Crippen LogP contribution in [-0.2, 0) is 9.47 Å². The van der Waals surface area contributed by atoms with Crippen LogP contribution >= 0.6 is 0 Å². The molecule has 2 N–H and O–H groups in total. The second-order valence-electron chi connectivity index (χ2n) is 10.2. The van der Waals surface area contributed by atoms with E-state index < -0.39 is 12.2 Å². The van der Waals surface area contributed by atoms with E-state index >= 15 is 0 Å². The second kappa shape index (κ2) is 21.4. The van der Waals surface area contributed by atoms with Crippen LogP contribution < -0.4 is 0 Å². The maximum absolute atomic E-state index is 9.78. The summed E-state index contributed by atoms with van der Waals surface area (Å²) >= 11 is 0. The fourth-order valence-electron chi connectivity index (χ4n) is 4.70. The highest BCUT2D eigenvalue weighted by molar-refractivity contribution is 4.79. The third kappa shape index (κ3) is 16.5. The molecule has 0 bridgehead atoms. The van der Waals surface area contributed by atoms with Crippen LogP contribution in [0.15, 0.2) is 0 Å². The van der Waals surface area contributed by atoms with E-state index in [1.165, 1.54) is 122 Å². The van der Waals surface area contributed by atoms with Crippen molar-refractivity contribution in [2.75, 3.05) is 6.61 Å². The molecule has 4 unspecified atom stereocenters. The first-order valence-electron chi connectivity index (χ1n) is 14.3. The zero-order chi connectivity index (χ0) is 23.3. The lowest BCUT2D eigenvalue weighted by molar-refractivity contribution is -0.246. The molecule has 0 aromatic rings. The van der Waals surface area contributed by atoms with E-state index in [0.717, 1.165) is 6.42 Å². The Hall–Kier alpha value is -0.160. The summed E-state index contributed by atoms with van der Waals surface area (Å²) in [4.78, 5) is 0. The number of ether oxygens (including phenoxy) is 2. The minimum Gasteiger partial charge on any atom is -0.390 e. The Morgan fingerprint density at radius 2 is 1.00 bits per heavy atom. The van der Waals surface area contributed by atoms with Crippen molar-refractivity contribution in [2.24, 2.45) is 0 Å². The van der Waals surface area contributed by atoms with Gasteiger partial charge < -0.3 is 19.7 Å². The lowest BCUT2D eigenvalue weighted by Gasteiger charge is -2.35. The average Bonchev–Trinajstić information content (AvgIpc) is 2.78. The van der Waals surface area contributed by atoms with Gasteiger partial charge in [0.1, 0.15) is 6.10 Å². The molecule has 1 saturated heterocycles. The maximum atomic E-state index is 9.78. The predicted molar refractivity (Wildman–Crippen MR) is 135 cm³/mol. The topological polar surface area (TPSA) is 58.9 Å². The van der Waals surface area contributed by atoms with Crippen molar-refractivity contribution >= 4 is 0 Å². The van der Waals surface area contributed by atoms with E-state index in [0.29, 0.717) is 13.0 Å². The lowest BCUT2D eigenvalue weighted by Crippen LogP contribution is -2.47. The van der Waals surface area contributed by atoms with Crippen molar-refractivity contribution in [1.29, 1.82) is 0 Å². The quantitative estimate of drug-likeness (QED) is 0.164. The van der Waals surface area contributed by atoms with E-state index in [4.69, 9.17) is 9.47 Å². The molecule has 32 heavy (non-hydrogen) atoms. The maximum Gasteiger partial charge on any atom is 0.160 e. The molecule has 0 aromatic heterocycles. The van der Waals surface area contributed by atoms with E-state index in [1.807, 2.05) is 0 Å². The monoisotopic (exact) mass is 456 g/mol. The number of hydrogen-bond acceptors (Lipinski definition) is 4. The van der Waals surface area contributed by atoms with Gasteiger partial charge in [0.15, 0.2) is 6.29 Å². The van der Waals surface area contributed by atoms with E-state index in [2.05, 4.69) is 6.92 Å². The van der Waals surface area contributed by atoms with Crippen LogP contribution in [0.25, 0.3) is 0 Å². The molecule has 0 spiro atoms. The Morgan fingerprint density at radius 1 is 0.625 bits per heavy atom. The summed E-state index contributed by atoms with van der Waals surface area (Å²) in [5, 5.41) is 19.5. The summed E-state index contributed by atoms with van der Waals surface area (Å²) in [5.74, 6) is 0. The normalized spacial score (nSPS) is 23.6. The highest BCUT2D eigenvalue weighted by Gasteiger charge is 2.34. The SMILES string of the molecule is CCCCCCCCCCCCCCCCCCCCCCOC1CC(O)C(O)C(C)O1. The number of aliphatic hydroxyl groups excluding tert-OH is 2. The molecule has 0 aliphatic carbocycles. The van der Waals surface area contributed by atoms with Gasteiger partial charge in [0.25, 0.3) is 0 Å². The molecule has 0 radical (unpaired) electrons. The Labute approximate surface area is 199 Å². The molecule has 1 aliphatic rings. The van der Waals surface area contributed by atoms with Gasteiger partial charge in [0.05, 0.1) is 12.2 Å². The highest BCUT2D eigenvalue weighted by atomic mass is 16.7. The molecular weight excluding hydrogens is 400 g/mol. The van der Waals surface area contributed by atoms with Gasteiger partial charge >= 0.3 is 0 Å². The molecule has 1 rings (SSSR count). The Morgan fingerprint density at radius 3 is 1.38 bits per heavy atom. The van der Waals surface area contributed by atoms with Crippen LogP contribution in [0.1, 0.15) is 149 Å². The largest absolute Gasteiger partial charge is 0.390 e. The standard InChI is InChI=1S/C28H56O4/c1-3-4-5-6-7-8-9-10-11-12-13-14-15-16-17-18-19-20-21-22-23-31-27-24-26(29)28(30)25(2)32-27/h25-30H,3-24H2,1-2H3. The van der Waals surface area contributed by atoms with Gasteiger partial charge in [-0.2, -0.15) is 0 Å². The number of unbranched alkanes of at least 4 members (excludes halogenated alkanes) is 19. The summed E-state index contributed by atoms with van der Waals surface area (Å²) in [7, 11) is 0. The van der Waals surface area contributed by atoms with Gasteiger partial charge in [-0.1, -0.05) is 129 Å². The molecule has 4 heteroatoms. The van der Waals surface area contributed by atoms with E-state index in [1.54, 1.807) is 6.92 Å². The van der Waals surface area contributed by atoms with Crippen LogP contribution in [0.3, 0.4) is 0 Å². The Bertz CT molecular complexity index is 378. The third-order valence-corrected chi connectivity index (χ3v) is 6.98. The Balaban J connectivity index is 1.71. The van der Waals surface area contributed by atoms with Crippen molar-refractivity contribution in [2.45, 2.75) is 173 Å². The van der Waals surface area contributed by atoms with Gasteiger partial charge in [-0.3, -0.25) is 0 Å². The van der Waals surface area contributed by atoms with Crippen LogP contribution in [0, 0.1) is 0 Å². The van der Waals surface area contributed by atoms with Gasteiger partial charge in [-0.25, -0.2) is 0 Å². The third-order valence-electron chi connectivity index (χ3n) is 6.98.